The molecule has 0 unspecified atom stereocenters. The lowest BCUT2D eigenvalue weighted by atomic mass is 10.1. The Bertz CT molecular complexity index is 910. The third kappa shape index (κ3) is 2.94. The standard InChI is InChI=1S/C16H12F2N4O2/c1-9-6-15(22(21-9)14-4-2-3-5-19-14)20-13-8-12(18)11(17)7-10(13)16(23)24/h2-8,20H,1H3,(H,23,24). The second kappa shape index (κ2) is 6.07. The Kier molecular flexibility index (Phi) is 3.95. The minimum Gasteiger partial charge on any atom is -0.478 e. The number of anilines is 2. The first kappa shape index (κ1) is 15.6. The zero-order chi connectivity index (χ0) is 17.3. The summed E-state index contributed by atoms with van der Waals surface area (Å²) in [7, 11) is 0. The monoisotopic (exact) mass is 330 g/mol. The molecule has 8 heteroatoms. The number of carboxylic acids is 1. The maximum absolute atomic E-state index is 13.5. The molecule has 0 saturated heterocycles. The summed E-state index contributed by atoms with van der Waals surface area (Å²) in [5.74, 6) is -2.89. The van der Waals surface area contributed by atoms with Crippen LogP contribution in [0.5, 0.6) is 0 Å². The highest BCUT2D eigenvalue weighted by Gasteiger charge is 2.17. The van der Waals surface area contributed by atoms with E-state index >= 15 is 0 Å². The molecule has 0 radical (unpaired) electrons. The molecule has 0 saturated carbocycles. The first-order valence-corrected chi connectivity index (χ1v) is 6.93. The van der Waals surface area contributed by atoms with Gasteiger partial charge in [-0.3, -0.25) is 0 Å². The molecule has 0 atom stereocenters. The molecule has 2 heterocycles. The molecule has 0 bridgehead atoms. The number of carbonyl (C=O) groups is 1. The van der Waals surface area contributed by atoms with Crippen LogP contribution in [-0.2, 0) is 0 Å². The van der Waals surface area contributed by atoms with E-state index in [1.807, 2.05) is 0 Å². The van der Waals surface area contributed by atoms with Crippen LogP contribution in [0, 0.1) is 18.6 Å². The molecule has 2 N–H and O–H groups in total. The summed E-state index contributed by atoms with van der Waals surface area (Å²) in [6.45, 7) is 1.74. The van der Waals surface area contributed by atoms with Gasteiger partial charge in [0.25, 0.3) is 0 Å². The highest BCUT2D eigenvalue weighted by Crippen LogP contribution is 2.26. The van der Waals surface area contributed by atoms with E-state index in [2.05, 4.69) is 15.4 Å². The Labute approximate surface area is 135 Å². The zero-order valence-corrected chi connectivity index (χ0v) is 12.5. The van der Waals surface area contributed by atoms with Crippen molar-refractivity contribution in [1.29, 1.82) is 0 Å². The average molecular weight is 330 g/mol. The molecule has 3 aromatic rings. The van der Waals surface area contributed by atoms with Gasteiger partial charge in [0.2, 0.25) is 0 Å². The number of nitrogens with one attached hydrogen (secondary N) is 1. The van der Waals surface area contributed by atoms with Crippen LogP contribution >= 0.6 is 0 Å². The van der Waals surface area contributed by atoms with Crippen LogP contribution in [0.3, 0.4) is 0 Å². The van der Waals surface area contributed by atoms with Crippen molar-refractivity contribution in [3.63, 3.8) is 0 Å². The Morgan fingerprint density at radius 1 is 1.21 bits per heavy atom. The second-order valence-electron chi connectivity index (χ2n) is 5.01. The predicted octanol–water partition coefficient (Wildman–Crippen LogP) is 3.30. The van der Waals surface area contributed by atoms with Crippen LogP contribution in [0.25, 0.3) is 5.82 Å². The van der Waals surface area contributed by atoms with E-state index in [0.29, 0.717) is 23.4 Å². The van der Waals surface area contributed by atoms with Crippen molar-refractivity contribution in [2.45, 2.75) is 6.92 Å². The molecule has 0 aliphatic heterocycles. The van der Waals surface area contributed by atoms with Gasteiger partial charge in [-0.1, -0.05) is 6.07 Å². The van der Waals surface area contributed by atoms with Crippen molar-refractivity contribution in [2.75, 3.05) is 5.32 Å². The van der Waals surface area contributed by atoms with Gasteiger partial charge in [0.15, 0.2) is 17.5 Å². The van der Waals surface area contributed by atoms with E-state index in [9.17, 15) is 18.7 Å². The summed E-state index contributed by atoms with van der Waals surface area (Å²) in [6.07, 6.45) is 1.58. The van der Waals surface area contributed by atoms with Gasteiger partial charge in [0, 0.05) is 18.3 Å². The molecule has 6 nitrogen and oxygen atoms in total. The van der Waals surface area contributed by atoms with E-state index in [-0.39, 0.29) is 11.3 Å². The number of hydrogen-bond donors (Lipinski definition) is 2. The summed E-state index contributed by atoms with van der Waals surface area (Å²) in [5, 5.41) is 16.2. The molecule has 24 heavy (non-hydrogen) atoms. The number of nitrogens with zero attached hydrogens (tertiary/aromatic N) is 3. The number of carboxylic acid groups (broad SMARTS) is 1. The van der Waals surface area contributed by atoms with E-state index in [4.69, 9.17) is 0 Å². The minimum atomic E-state index is -1.38. The number of benzene rings is 1. The topological polar surface area (TPSA) is 80.0 Å². The van der Waals surface area contributed by atoms with Gasteiger partial charge < -0.3 is 10.4 Å². The lowest BCUT2D eigenvalue weighted by Crippen LogP contribution is -2.08. The quantitative estimate of drug-likeness (QED) is 0.767. The second-order valence-corrected chi connectivity index (χ2v) is 5.01. The van der Waals surface area contributed by atoms with E-state index < -0.39 is 17.6 Å². The predicted molar refractivity (Wildman–Crippen MR) is 82.7 cm³/mol. The Morgan fingerprint density at radius 3 is 2.62 bits per heavy atom. The van der Waals surface area contributed by atoms with Gasteiger partial charge in [-0.25, -0.2) is 18.6 Å². The average Bonchev–Trinajstić information content (AvgIpc) is 2.92. The highest BCUT2D eigenvalue weighted by atomic mass is 19.2. The van der Waals surface area contributed by atoms with Crippen molar-refractivity contribution >= 4 is 17.5 Å². The van der Waals surface area contributed by atoms with Crippen LogP contribution in [0.4, 0.5) is 20.3 Å². The van der Waals surface area contributed by atoms with E-state index in [1.165, 1.54) is 4.68 Å². The van der Waals surface area contributed by atoms with Crippen molar-refractivity contribution in [3.05, 3.63) is 65.5 Å². The number of aromatic carboxylic acids is 1. The number of hydrogen-bond acceptors (Lipinski definition) is 4. The molecule has 0 fully saturated rings. The Morgan fingerprint density at radius 2 is 1.96 bits per heavy atom. The lowest BCUT2D eigenvalue weighted by Gasteiger charge is -2.11. The molecule has 1 aromatic carbocycles. The number of aryl methyl sites for hydroxylation is 1. The summed E-state index contributed by atoms with van der Waals surface area (Å²) in [4.78, 5) is 15.4. The fourth-order valence-corrected chi connectivity index (χ4v) is 2.21. The normalized spacial score (nSPS) is 10.6. The third-order valence-corrected chi connectivity index (χ3v) is 3.25. The minimum absolute atomic E-state index is 0.0847. The number of halogens is 2. The third-order valence-electron chi connectivity index (χ3n) is 3.25. The first-order valence-electron chi connectivity index (χ1n) is 6.93. The van der Waals surface area contributed by atoms with Gasteiger partial charge in [0.05, 0.1) is 16.9 Å². The van der Waals surface area contributed by atoms with Crippen molar-refractivity contribution < 1.29 is 18.7 Å². The van der Waals surface area contributed by atoms with E-state index in [0.717, 1.165) is 6.07 Å². The largest absolute Gasteiger partial charge is 0.478 e. The van der Waals surface area contributed by atoms with Gasteiger partial charge in [0.1, 0.15) is 5.82 Å². The maximum atomic E-state index is 13.5. The van der Waals surface area contributed by atoms with Gasteiger partial charge in [-0.05, 0) is 25.1 Å². The summed E-state index contributed by atoms with van der Waals surface area (Å²) >= 11 is 0. The lowest BCUT2D eigenvalue weighted by molar-refractivity contribution is 0.0697. The van der Waals surface area contributed by atoms with Crippen molar-refractivity contribution in [2.24, 2.45) is 0 Å². The molecule has 122 valence electrons. The molecule has 0 spiro atoms. The van der Waals surface area contributed by atoms with Crippen LogP contribution in [0.1, 0.15) is 16.1 Å². The molecule has 2 aromatic heterocycles. The Hall–Kier alpha value is -3.29. The number of aromatic nitrogens is 3. The highest BCUT2D eigenvalue weighted by molar-refractivity contribution is 5.95. The zero-order valence-electron chi connectivity index (χ0n) is 12.5. The summed E-state index contributed by atoms with van der Waals surface area (Å²) < 4.78 is 28.3. The SMILES string of the molecule is Cc1cc(Nc2cc(F)c(F)cc2C(=O)O)n(-c2ccccn2)n1. The van der Waals surface area contributed by atoms with Crippen LogP contribution in [0.2, 0.25) is 0 Å². The number of rotatable bonds is 4. The van der Waals surface area contributed by atoms with Gasteiger partial charge >= 0.3 is 5.97 Å². The summed E-state index contributed by atoms with van der Waals surface area (Å²) in [6, 6.07) is 8.29. The fraction of sp³-hybridized carbons (Fsp3) is 0.0625. The molecular formula is C16H12F2N4O2. The Balaban J connectivity index is 2.07. The van der Waals surface area contributed by atoms with Crippen molar-refractivity contribution in [1.82, 2.24) is 14.8 Å². The van der Waals surface area contributed by atoms with E-state index in [1.54, 1.807) is 37.4 Å². The summed E-state index contributed by atoms with van der Waals surface area (Å²) in [5.41, 5.74) is 0.168. The fourth-order valence-electron chi connectivity index (χ4n) is 2.21. The van der Waals surface area contributed by atoms with Gasteiger partial charge in [-0.2, -0.15) is 9.78 Å². The number of pyridine rings is 1. The first-order chi connectivity index (χ1) is 11.5. The van der Waals surface area contributed by atoms with Crippen LogP contribution < -0.4 is 5.32 Å². The van der Waals surface area contributed by atoms with Crippen LogP contribution in [-0.4, -0.2) is 25.8 Å². The molecular weight excluding hydrogens is 318 g/mol. The maximum Gasteiger partial charge on any atom is 0.337 e. The molecule has 0 aliphatic carbocycles. The van der Waals surface area contributed by atoms with Gasteiger partial charge in [-0.15, -0.1) is 0 Å². The van der Waals surface area contributed by atoms with Crippen molar-refractivity contribution in [3.8, 4) is 5.82 Å². The molecule has 0 amide bonds. The molecule has 3 rings (SSSR count). The van der Waals surface area contributed by atoms with Crippen LogP contribution in [0.15, 0.2) is 42.6 Å². The smallest absolute Gasteiger partial charge is 0.337 e. The molecule has 0 aliphatic rings.